The van der Waals surface area contributed by atoms with Gasteiger partial charge >= 0.3 is 0 Å². The zero-order valence-electron chi connectivity index (χ0n) is 15.8. The van der Waals surface area contributed by atoms with Crippen molar-refractivity contribution in [3.63, 3.8) is 0 Å². The molecule has 0 aliphatic carbocycles. The molecule has 3 aromatic rings. The van der Waals surface area contributed by atoms with Gasteiger partial charge in [-0.3, -0.25) is 4.79 Å². The molecule has 5 heteroatoms. The molecule has 0 aliphatic rings. The number of ether oxygens (including phenoxy) is 1. The van der Waals surface area contributed by atoms with E-state index in [1.807, 2.05) is 37.3 Å². The maximum absolute atomic E-state index is 12.7. The smallest absolute Gasteiger partial charge is 0.188 e. The third-order valence-corrected chi connectivity index (χ3v) is 6.65. The Hall–Kier alpha value is -2.92. The van der Waals surface area contributed by atoms with Crippen molar-refractivity contribution in [1.29, 1.82) is 0 Å². The first-order chi connectivity index (χ1) is 13.4. The summed E-state index contributed by atoms with van der Waals surface area (Å²) in [5.74, 6) is 0.185. The number of hydrogen-bond acceptors (Lipinski definition) is 4. The molecule has 28 heavy (non-hydrogen) atoms. The van der Waals surface area contributed by atoms with Crippen LogP contribution in [0.4, 0.5) is 0 Å². The molecule has 1 atom stereocenters. The lowest BCUT2D eigenvalue weighted by atomic mass is 10.1. The lowest BCUT2D eigenvalue weighted by molar-refractivity contribution is 0.0991. The number of Topliss-reactive ketones (excluding diaryl/α,β-unsaturated/α-hetero) is 1. The molecule has 3 aromatic carbocycles. The summed E-state index contributed by atoms with van der Waals surface area (Å²) >= 11 is 0. The van der Waals surface area contributed by atoms with E-state index in [1.165, 1.54) is 19.1 Å². The zero-order chi connectivity index (χ0) is 20.1. The molecule has 0 unspecified atom stereocenters. The van der Waals surface area contributed by atoms with Gasteiger partial charge in [0.15, 0.2) is 15.6 Å². The van der Waals surface area contributed by atoms with Crippen molar-refractivity contribution < 1.29 is 17.9 Å². The van der Waals surface area contributed by atoms with Crippen molar-refractivity contribution in [2.75, 3.05) is 0 Å². The number of aryl methyl sites for hydroxylation is 1. The quantitative estimate of drug-likeness (QED) is 0.549. The van der Waals surface area contributed by atoms with E-state index in [1.54, 1.807) is 36.4 Å². The normalized spacial score (nSPS) is 12.4. The van der Waals surface area contributed by atoms with Crippen LogP contribution in [0.15, 0.2) is 83.8 Å². The molecular formula is C23H22O4S. The second-order valence-electron chi connectivity index (χ2n) is 6.66. The fourth-order valence-corrected chi connectivity index (χ4v) is 4.11. The monoisotopic (exact) mass is 394 g/mol. The van der Waals surface area contributed by atoms with Gasteiger partial charge in [0.2, 0.25) is 0 Å². The van der Waals surface area contributed by atoms with E-state index in [2.05, 4.69) is 0 Å². The van der Waals surface area contributed by atoms with Crippen LogP contribution in [-0.4, -0.2) is 19.5 Å². The summed E-state index contributed by atoms with van der Waals surface area (Å²) in [6.45, 7) is 3.73. The summed E-state index contributed by atoms with van der Waals surface area (Å²) < 4.78 is 31.2. The fourth-order valence-electron chi connectivity index (χ4n) is 2.76. The average molecular weight is 394 g/mol. The molecule has 0 aromatic heterocycles. The van der Waals surface area contributed by atoms with E-state index in [9.17, 15) is 13.2 Å². The predicted molar refractivity (Wildman–Crippen MR) is 109 cm³/mol. The number of ketones is 1. The summed E-state index contributed by atoms with van der Waals surface area (Å²) in [6, 6.07) is 22.8. The van der Waals surface area contributed by atoms with Crippen molar-refractivity contribution >= 4 is 15.6 Å². The fraction of sp³-hybridized carbons (Fsp3) is 0.174. The van der Waals surface area contributed by atoms with Crippen LogP contribution >= 0.6 is 0 Å². The number of sulfone groups is 1. The van der Waals surface area contributed by atoms with Gasteiger partial charge in [-0.1, -0.05) is 48.0 Å². The van der Waals surface area contributed by atoms with Crippen LogP contribution in [0.1, 0.15) is 28.4 Å². The van der Waals surface area contributed by atoms with Gasteiger partial charge in [-0.2, -0.15) is 0 Å². The Morgan fingerprint density at radius 2 is 1.50 bits per heavy atom. The minimum Gasteiger partial charge on any atom is -0.489 e. The van der Waals surface area contributed by atoms with Crippen molar-refractivity contribution in [2.24, 2.45) is 0 Å². The molecule has 0 amide bonds. The standard InChI is InChI=1S/C23H22O4S/c1-17-8-14-22(15-9-17)28(25,26)18(2)23(24)20-10-12-21(13-11-20)27-16-19-6-4-3-5-7-19/h3-15,18H,16H2,1-2H3/t18-/m1/s1. The van der Waals surface area contributed by atoms with Gasteiger partial charge in [0.25, 0.3) is 0 Å². The summed E-state index contributed by atoms with van der Waals surface area (Å²) in [4.78, 5) is 12.9. The van der Waals surface area contributed by atoms with Crippen molar-refractivity contribution in [1.82, 2.24) is 0 Å². The van der Waals surface area contributed by atoms with Gasteiger partial charge in [-0.05, 0) is 55.8 Å². The van der Waals surface area contributed by atoms with Gasteiger partial charge in [0.1, 0.15) is 17.6 Å². The minimum atomic E-state index is -3.74. The largest absolute Gasteiger partial charge is 0.489 e. The second-order valence-corrected chi connectivity index (χ2v) is 8.93. The van der Waals surface area contributed by atoms with Gasteiger partial charge in [0.05, 0.1) is 4.90 Å². The Labute approximate surface area is 165 Å². The SMILES string of the molecule is Cc1ccc(S(=O)(=O)[C@H](C)C(=O)c2ccc(OCc3ccccc3)cc2)cc1. The molecule has 144 valence electrons. The van der Waals surface area contributed by atoms with E-state index in [-0.39, 0.29) is 4.90 Å². The van der Waals surface area contributed by atoms with Gasteiger partial charge in [0, 0.05) is 5.56 Å². The molecule has 0 saturated heterocycles. The molecule has 0 aliphatic heterocycles. The summed E-state index contributed by atoms with van der Waals surface area (Å²) in [5.41, 5.74) is 2.35. The number of carbonyl (C=O) groups is 1. The zero-order valence-corrected chi connectivity index (χ0v) is 16.6. The van der Waals surface area contributed by atoms with Crippen LogP contribution in [0.25, 0.3) is 0 Å². The second kappa shape index (κ2) is 8.40. The van der Waals surface area contributed by atoms with Gasteiger partial charge < -0.3 is 4.74 Å². The van der Waals surface area contributed by atoms with E-state index in [0.29, 0.717) is 17.9 Å². The van der Waals surface area contributed by atoms with Crippen molar-refractivity contribution in [3.8, 4) is 5.75 Å². The highest BCUT2D eigenvalue weighted by Crippen LogP contribution is 2.21. The molecule has 3 rings (SSSR count). The highest BCUT2D eigenvalue weighted by Gasteiger charge is 2.30. The highest BCUT2D eigenvalue weighted by molar-refractivity contribution is 7.92. The molecule has 0 radical (unpaired) electrons. The Balaban J connectivity index is 1.70. The molecule has 4 nitrogen and oxygen atoms in total. The molecule has 0 fully saturated rings. The third-order valence-electron chi connectivity index (χ3n) is 4.57. The molecule has 0 spiro atoms. The van der Waals surface area contributed by atoms with Crippen LogP contribution in [0.2, 0.25) is 0 Å². The first-order valence-electron chi connectivity index (χ1n) is 8.99. The number of benzene rings is 3. The summed E-state index contributed by atoms with van der Waals surface area (Å²) in [6.07, 6.45) is 0. The van der Waals surface area contributed by atoms with Crippen molar-refractivity contribution in [2.45, 2.75) is 30.6 Å². The number of rotatable bonds is 7. The first kappa shape index (κ1) is 19.8. The maximum Gasteiger partial charge on any atom is 0.188 e. The van der Waals surface area contributed by atoms with Gasteiger partial charge in [-0.15, -0.1) is 0 Å². The Kier molecular flexibility index (Phi) is 5.95. The number of hydrogen-bond donors (Lipinski definition) is 0. The molecule has 0 N–H and O–H groups in total. The van der Waals surface area contributed by atoms with Crippen molar-refractivity contribution in [3.05, 3.63) is 95.6 Å². The maximum atomic E-state index is 12.7. The highest BCUT2D eigenvalue weighted by atomic mass is 32.2. The van der Waals surface area contributed by atoms with E-state index < -0.39 is 20.9 Å². The van der Waals surface area contributed by atoms with E-state index >= 15 is 0 Å². The third kappa shape index (κ3) is 4.49. The van der Waals surface area contributed by atoms with E-state index in [0.717, 1.165) is 11.1 Å². The minimum absolute atomic E-state index is 0.154. The Morgan fingerprint density at radius 1 is 0.893 bits per heavy atom. The first-order valence-corrected chi connectivity index (χ1v) is 10.5. The predicted octanol–water partition coefficient (Wildman–Crippen LogP) is 4.62. The van der Waals surface area contributed by atoms with Crippen LogP contribution in [0, 0.1) is 6.92 Å². The summed E-state index contributed by atoms with van der Waals surface area (Å²) in [7, 11) is -3.74. The lowest BCUT2D eigenvalue weighted by Crippen LogP contribution is -2.27. The van der Waals surface area contributed by atoms with Crippen LogP contribution in [0.3, 0.4) is 0 Å². The van der Waals surface area contributed by atoms with Crippen LogP contribution in [-0.2, 0) is 16.4 Å². The van der Waals surface area contributed by atoms with Gasteiger partial charge in [-0.25, -0.2) is 8.42 Å². The Morgan fingerprint density at radius 3 is 2.11 bits per heavy atom. The molecule has 0 heterocycles. The Bertz CT molecular complexity index is 1040. The number of carbonyl (C=O) groups excluding carboxylic acids is 1. The average Bonchev–Trinajstić information content (AvgIpc) is 2.72. The summed E-state index contributed by atoms with van der Waals surface area (Å²) in [5, 5.41) is -1.16. The van der Waals surface area contributed by atoms with E-state index in [4.69, 9.17) is 4.74 Å². The lowest BCUT2D eigenvalue weighted by Gasteiger charge is -2.13. The molecule has 0 bridgehead atoms. The topological polar surface area (TPSA) is 60.4 Å². The van der Waals surface area contributed by atoms with Crippen LogP contribution < -0.4 is 4.74 Å². The van der Waals surface area contributed by atoms with Crippen LogP contribution in [0.5, 0.6) is 5.75 Å². The molecule has 0 saturated carbocycles. The molecular weight excluding hydrogens is 372 g/mol.